The molecular weight excluding hydrogens is 292 g/mol. The van der Waals surface area contributed by atoms with E-state index in [4.69, 9.17) is 16.3 Å². The summed E-state index contributed by atoms with van der Waals surface area (Å²) in [6.45, 7) is 2.70. The zero-order valence-corrected chi connectivity index (χ0v) is 12.2. The summed E-state index contributed by atoms with van der Waals surface area (Å²) in [6, 6.07) is 7.13. The number of carbonyl (C=O) groups excluding carboxylic acids is 2. The molecule has 6 heteroatoms. The fraction of sp³-hybridized carbons (Fsp3) is 0.333. The van der Waals surface area contributed by atoms with Crippen molar-refractivity contribution in [3.8, 4) is 0 Å². The van der Waals surface area contributed by atoms with E-state index in [0.717, 1.165) is 5.56 Å². The number of halogens is 1. The first-order chi connectivity index (χ1) is 10.1. The van der Waals surface area contributed by atoms with Crippen molar-refractivity contribution in [2.45, 2.75) is 6.54 Å². The third-order valence-corrected chi connectivity index (χ3v) is 3.85. The minimum atomic E-state index is -0.267. The maximum absolute atomic E-state index is 12.4. The number of rotatable bonds is 3. The van der Waals surface area contributed by atoms with Gasteiger partial charge in [0.2, 0.25) is 0 Å². The van der Waals surface area contributed by atoms with Crippen LogP contribution in [0.3, 0.4) is 0 Å². The molecule has 110 valence electrons. The molecule has 21 heavy (non-hydrogen) atoms. The van der Waals surface area contributed by atoms with E-state index in [9.17, 15) is 9.59 Å². The first kappa shape index (κ1) is 14.1. The highest BCUT2D eigenvalue weighted by Crippen LogP contribution is 2.21. The number of hydrogen-bond donors (Lipinski definition) is 0. The fourth-order valence-electron chi connectivity index (χ4n) is 2.45. The van der Waals surface area contributed by atoms with Crippen molar-refractivity contribution >= 4 is 23.4 Å². The van der Waals surface area contributed by atoms with Crippen LogP contribution in [-0.4, -0.2) is 47.9 Å². The van der Waals surface area contributed by atoms with E-state index in [1.807, 2.05) is 17.0 Å². The van der Waals surface area contributed by atoms with Crippen molar-refractivity contribution in [3.05, 3.63) is 46.6 Å². The van der Waals surface area contributed by atoms with Crippen molar-refractivity contribution in [2.24, 2.45) is 0 Å². The third-order valence-electron chi connectivity index (χ3n) is 3.60. The van der Waals surface area contributed by atoms with Gasteiger partial charge in [0.25, 0.3) is 11.8 Å². The van der Waals surface area contributed by atoms with Crippen LogP contribution in [0.25, 0.3) is 0 Å². The van der Waals surface area contributed by atoms with E-state index in [2.05, 4.69) is 0 Å². The largest absolute Gasteiger partial charge is 0.378 e. The SMILES string of the molecule is O=C1C=C(N2CCOCC2)C(=O)N1Cc1ccc(Cl)cc1. The molecule has 2 aliphatic rings. The topological polar surface area (TPSA) is 49.9 Å². The molecule has 0 bridgehead atoms. The molecule has 0 N–H and O–H groups in total. The molecule has 2 amide bonds. The maximum atomic E-state index is 12.4. The quantitative estimate of drug-likeness (QED) is 0.793. The summed E-state index contributed by atoms with van der Waals surface area (Å²) in [7, 11) is 0. The number of imide groups is 1. The Hall–Kier alpha value is -1.85. The van der Waals surface area contributed by atoms with Gasteiger partial charge in [0.05, 0.1) is 19.8 Å². The molecule has 0 radical (unpaired) electrons. The average molecular weight is 307 g/mol. The summed E-state index contributed by atoms with van der Waals surface area (Å²) >= 11 is 5.83. The Balaban J connectivity index is 1.72. The highest BCUT2D eigenvalue weighted by molar-refractivity contribution is 6.30. The zero-order valence-electron chi connectivity index (χ0n) is 11.4. The van der Waals surface area contributed by atoms with Crippen molar-refractivity contribution in [1.82, 2.24) is 9.80 Å². The van der Waals surface area contributed by atoms with Gasteiger partial charge in [-0.25, -0.2) is 0 Å². The molecule has 0 aliphatic carbocycles. The van der Waals surface area contributed by atoms with E-state index in [1.54, 1.807) is 12.1 Å². The standard InChI is InChI=1S/C15H15ClN2O3/c16-12-3-1-11(2-4-12)10-18-14(19)9-13(15(18)20)17-5-7-21-8-6-17/h1-4,9H,5-8,10H2. The highest BCUT2D eigenvalue weighted by atomic mass is 35.5. The minimum Gasteiger partial charge on any atom is -0.378 e. The molecular formula is C15H15ClN2O3. The molecule has 3 rings (SSSR count). The Morgan fingerprint density at radius 3 is 2.43 bits per heavy atom. The molecule has 0 atom stereocenters. The lowest BCUT2D eigenvalue weighted by Gasteiger charge is -2.29. The van der Waals surface area contributed by atoms with E-state index >= 15 is 0 Å². The fourth-order valence-corrected chi connectivity index (χ4v) is 2.57. The van der Waals surface area contributed by atoms with Crippen LogP contribution in [0.4, 0.5) is 0 Å². The van der Waals surface area contributed by atoms with E-state index in [0.29, 0.717) is 37.0 Å². The first-order valence-corrected chi connectivity index (χ1v) is 7.17. The molecule has 1 aromatic carbocycles. The van der Waals surface area contributed by atoms with Gasteiger partial charge < -0.3 is 9.64 Å². The lowest BCUT2D eigenvalue weighted by atomic mass is 10.2. The van der Waals surface area contributed by atoms with Gasteiger partial charge in [0, 0.05) is 24.2 Å². The molecule has 2 heterocycles. The van der Waals surface area contributed by atoms with Crippen LogP contribution < -0.4 is 0 Å². The monoisotopic (exact) mass is 306 g/mol. The molecule has 0 unspecified atom stereocenters. The lowest BCUT2D eigenvalue weighted by Crippen LogP contribution is -2.40. The summed E-state index contributed by atoms with van der Waals surface area (Å²) in [5.74, 6) is -0.506. The van der Waals surface area contributed by atoms with Crippen molar-refractivity contribution in [2.75, 3.05) is 26.3 Å². The molecule has 1 aromatic rings. The number of amides is 2. The van der Waals surface area contributed by atoms with Crippen molar-refractivity contribution in [3.63, 3.8) is 0 Å². The third kappa shape index (κ3) is 2.94. The molecule has 0 saturated carbocycles. The number of ether oxygens (including phenoxy) is 1. The number of benzene rings is 1. The van der Waals surface area contributed by atoms with Crippen LogP contribution in [0.5, 0.6) is 0 Å². The second kappa shape index (κ2) is 5.87. The molecule has 0 spiro atoms. The Morgan fingerprint density at radius 1 is 1.10 bits per heavy atom. The van der Waals surface area contributed by atoms with Crippen LogP contribution in [0.2, 0.25) is 5.02 Å². The Labute approximate surface area is 127 Å². The number of carbonyl (C=O) groups is 2. The van der Waals surface area contributed by atoms with Gasteiger partial charge in [0.15, 0.2) is 0 Å². The van der Waals surface area contributed by atoms with Gasteiger partial charge in [0.1, 0.15) is 5.70 Å². The number of morpholine rings is 1. The van der Waals surface area contributed by atoms with Gasteiger partial charge in [-0.3, -0.25) is 14.5 Å². The average Bonchev–Trinajstić information content (AvgIpc) is 2.78. The summed E-state index contributed by atoms with van der Waals surface area (Å²) < 4.78 is 5.26. The predicted molar refractivity (Wildman–Crippen MR) is 77.5 cm³/mol. The second-order valence-corrected chi connectivity index (χ2v) is 5.42. The van der Waals surface area contributed by atoms with E-state index in [-0.39, 0.29) is 18.4 Å². The second-order valence-electron chi connectivity index (χ2n) is 4.99. The summed E-state index contributed by atoms with van der Waals surface area (Å²) in [6.07, 6.45) is 1.42. The molecule has 2 aliphatic heterocycles. The van der Waals surface area contributed by atoms with Gasteiger partial charge in [-0.1, -0.05) is 23.7 Å². The maximum Gasteiger partial charge on any atom is 0.277 e. The minimum absolute atomic E-state index is 0.239. The number of nitrogens with zero attached hydrogens (tertiary/aromatic N) is 2. The first-order valence-electron chi connectivity index (χ1n) is 6.80. The van der Waals surface area contributed by atoms with Gasteiger partial charge in [-0.15, -0.1) is 0 Å². The summed E-state index contributed by atoms with van der Waals surface area (Å²) in [4.78, 5) is 27.6. The number of hydrogen-bond acceptors (Lipinski definition) is 4. The van der Waals surface area contributed by atoms with Crippen LogP contribution in [0.15, 0.2) is 36.0 Å². The van der Waals surface area contributed by atoms with Gasteiger partial charge >= 0.3 is 0 Å². The Morgan fingerprint density at radius 2 is 1.76 bits per heavy atom. The molecule has 0 aromatic heterocycles. The Kier molecular flexibility index (Phi) is 3.94. The normalized spacial score (nSPS) is 19.2. The van der Waals surface area contributed by atoms with Crippen LogP contribution in [0.1, 0.15) is 5.56 Å². The van der Waals surface area contributed by atoms with Gasteiger partial charge in [-0.2, -0.15) is 0 Å². The Bertz CT molecular complexity index is 591. The van der Waals surface area contributed by atoms with Crippen molar-refractivity contribution in [1.29, 1.82) is 0 Å². The smallest absolute Gasteiger partial charge is 0.277 e. The zero-order chi connectivity index (χ0) is 14.8. The van der Waals surface area contributed by atoms with Crippen LogP contribution in [0, 0.1) is 0 Å². The highest BCUT2D eigenvalue weighted by Gasteiger charge is 2.34. The summed E-state index contributed by atoms with van der Waals surface area (Å²) in [5, 5.41) is 0.630. The van der Waals surface area contributed by atoms with Crippen LogP contribution in [-0.2, 0) is 20.9 Å². The predicted octanol–water partition coefficient (Wildman–Crippen LogP) is 1.42. The van der Waals surface area contributed by atoms with Crippen LogP contribution >= 0.6 is 11.6 Å². The summed E-state index contributed by atoms with van der Waals surface area (Å²) in [5.41, 5.74) is 1.34. The van der Waals surface area contributed by atoms with E-state index < -0.39 is 0 Å². The molecule has 5 nitrogen and oxygen atoms in total. The van der Waals surface area contributed by atoms with E-state index in [1.165, 1.54) is 11.0 Å². The van der Waals surface area contributed by atoms with Gasteiger partial charge in [-0.05, 0) is 17.7 Å². The molecule has 1 saturated heterocycles. The lowest BCUT2D eigenvalue weighted by molar-refractivity contribution is -0.138. The van der Waals surface area contributed by atoms with Crippen molar-refractivity contribution < 1.29 is 14.3 Å². The molecule has 1 fully saturated rings.